The van der Waals surface area contributed by atoms with Crippen molar-refractivity contribution in [3.8, 4) is 0 Å². The van der Waals surface area contributed by atoms with Crippen LogP contribution in [0.3, 0.4) is 0 Å². The summed E-state index contributed by atoms with van der Waals surface area (Å²) < 4.78 is 0. The summed E-state index contributed by atoms with van der Waals surface area (Å²) in [7, 11) is 0. The zero-order valence-corrected chi connectivity index (χ0v) is 13.0. The Hall–Kier alpha value is -1.97. The van der Waals surface area contributed by atoms with Crippen LogP contribution in [-0.2, 0) is 20.9 Å². The molecule has 0 aliphatic carbocycles. The normalized spacial score (nSPS) is 11.8. The van der Waals surface area contributed by atoms with Crippen molar-refractivity contribution < 1.29 is 14.4 Å². The Morgan fingerprint density at radius 1 is 1.29 bits per heavy atom. The van der Waals surface area contributed by atoms with Gasteiger partial charge < -0.3 is 4.90 Å². The van der Waals surface area contributed by atoms with Crippen molar-refractivity contribution in [1.82, 2.24) is 4.90 Å². The molecule has 1 amide bonds. The summed E-state index contributed by atoms with van der Waals surface area (Å²) in [6.07, 6.45) is 1.89. The third-order valence-electron chi connectivity index (χ3n) is 3.71. The Kier molecular flexibility index (Phi) is 6.79. The van der Waals surface area contributed by atoms with Gasteiger partial charge in [0.15, 0.2) is 5.78 Å². The second-order valence-electron chi connectivity index (χ2n) is 5.26. The van der Waals surface area contributed by atoms with Gasteiger partial charge in [-0.2, -0.15) is 0 Å². The molecule has 0 saturated carbocycles. The van der Waals surface area contributed by atoms with Crippen molar-refractivity contribution in [3.05, 3.63) is 35.4 Å². The highest BCUT2D eigenvalue weighted by molar-refractivity contribution is 5.85. The molecule has 0 saturated heterocycles. The average Bonchev–Trinajstić information content (AvgIpc) is 2.47. The van der Waals surface area contributed by atoms with Crippen LogP contribution in [0.25, 0.3) is 0 Å². The Morgan fingerprint density at radius 2 is 1.95 bits per heavy atom. The quantitative estimate of drug-likeness (QED) is 0.657. The molecule has 0 bridgehead atoms. The van der Waals surface area contributed by atoms with E-state index >= 15 is 0 Å². The van der Waals surface area contributed by atoms with Crippen LogP contribution in [0.4, 0.5) is 0 Å². The fourth-order valence-corrected chi connectivity index (χ4v) is 2.28. The van der Waals surface area contributed by atoms with E-state index in [-0.39, 0.29) is 11.6 Å². The molecule has 0 aliphatic rings. The van der Waals surface area contributed by atoms with Crippen molar-refractivity contribution in [3.63, 3.8) is 0 Å². The molecule has 1 rings (SSSR count). The number of carbonyl (C=O) groups is 3. The van der Waals surface area contributed by atoms with Gasteiger partial charge in [-0.05, 0) is 31.4 Å². The van der Waals surface area contributed by atoms with Crippen molar-refractivity contribution in [2.45, 2.75) is 52.6 Å². The van der Waals surface area contributed by atoms with Crippen LogP contribution in [0, 0.1) is 6.92 Å². The molecular weight excluding hydrogens is 266 g/mol. The summed E-state index contributed by atoms with van der Waals surface area (Å²) >= 11 is 0. The van der Waals surface area contributed by atoms with Gasteiger partial charge in [-0.1, -0.05) is 31.2 Å². The van der Waals surface area contributed by atoms with E-state index in [0.29, 0.717) is 32.2 Å². The molecule has 0 aliphatic heterocycles. The molecule has 0 spiro atoms. The molecule has 1 aromatic rings. The van der Waals surface area contributed by atoms with Crippen molar-refractivity contribution in [2.75, 3.05) is 0 Å². The number of benzene rings is 1. The number of hydrogen-bond acceptors (Lipinski definition) is 3. The van der Waals surface area contributed by atoms with Gasteiger partial charge in [0.25, 0.3) is 0 Å². The van der Waals surface area contributed by atoms with Gasteiger partial charge in [-0.3, -0.25) is 14.4 Å². The van der Waals surface area contributed by atoms with E-state index in [0.717, 1.165) is 11.1 Å². The van der Waals surface area contributed by atoms with Crippen LogP contribution in [-0.4, -0.2) is 28.9 Å². The van der Waals surface area contributed by atoms with E-state index in [4.69, 9.17) is 0 Å². The van der Waals surface area contributed by atoms with E-state index in [2.05, 4.69) is 0 Å². The summed E-state index contributed by atoms with van der Waals surface area (Å²) in [6, 6.07) is 7.24. The average molecular weight is 289 g/mol. The van der Waals surface area contributed by atoms with Crippen molar-refractivity contribution in [1.29, 1.82) is 0 Å². The lowest BCUT2D eigenvalue weighted by atomic mass is 10.0. The predicted molar refractivity (Wildman–Crippen MR) is 81.8 cm³/mol. The number of carbonyl (C=O) groups excluding carboxylic acids is 3. The lowest BCUT2D eigenvalue weighted by molar-refractivity contribution is -0.131. The van der Waals surface area contributed by atoms with Crippen molar-refractivity contribution >= 4 is 18.0 Å². The highest BCUT2D eigenvalue weighted by atomic mass is 16.1. The van der Waals surface area contributed by atoms with Gasteiger partial charge in [0.05, 0.1) is 6.04 Å². The van der Waals surface area contributed by atoms with E-state index in [1.165, 1.54) is 11.8 Å². The molecule has 0 aromatic heterocycles. The van der Waals surface area contributed by atoms with Crippen LogP contribution in [0.15, 0.2) is 24.3 Å². The summed E-state index contributed by atoms with van der Waals surface area (Å²) in [6.45, 7) is 5.63. The molecule has 21 heavy (non-hydrogen) atoms. The molecule has 1 atom stereocenters. The Bertz CT molecular complexity index is 511. The summed E-state index contributed by atoms with van der Waals surface area (Å²) in [5.74, 6) is 0.0302. The fraction of sp³-hybridized carbons (Fsp3) is 0.471. The van der Waals surface area contributed by atoms with Crippen LogP contribution < -0.4 is 0 Å². The third-order valence-corrected chi connectivity index (χ3v) is 3.71. The standard InChI is InChI=1S/C17H23NO3/c1-4-16(21)9-10-17(14(3)20)18(12-19)11-15-8-6-5-7-13(15)2/h5-8,12,17H,4,9-11H2,1-3H3. The SMILES string of the molecule is CCC(=O)CCC(C(C)=O)N(C=O)Cc1ccccc1C. The molecule has 0 heterocycles. The second-order valence-corrected chi connectivity index (χ2v) is 5.26. The highest BCUT2D eigenvalue weighted by Gasteiger charge is 2.22. The first-order valence-corrected chi connectivity index (χ1v) is 7.27. The monoisotopic (exact) mass is 289 g/mol. The van der Waals surface area contributed by atoms with E-state index < -0.39 is 6.04 Å². The Balaban J connectivity index is 2.82. The van der Waals surface area contributed by atoms with Gasteiger partial charge in [0, 0.05) is 19.4 Å². The minimum atomic E-state index is -0.530. The zero-order chi connectivity index (χ0) is 15.8. The van der Waals surface area contributed by atoms with Gasteiger partial charge in [-0.25, -0.2) is 0 Å². The molecule has 114 valence electrons. The number of nitrogens with zero attached hydrogens (tertiary/aromatic N) is 1. The molecule has 4 nitrogen and oxygen atoms in total. The van der Waals surface area contributed by atoms with Gasteiger partial charge >= 0.3 is 0 Å². The fourth-order valence-electron chi connectivity index (χ4n) is 2.28. The topological polar surface area (TPSA) is 54.5 Å². The summed E-state index contributed by atoms with van der Waals surface area (Å²) in [5.41, 5.74) is 2.09. The predicted octanol–water partition coefficient (Wildman–Crippen LogP) is 2.67. The summed E-state index contributed by atoms with van der Waals surface area (Å²) in [5, 5.41) is 0. The molecule has 1 aromatic carbocycles. The number of rotatable bonds is 9. The largest absolute Gasteiger partial charge is 0.331 e. The minimum Gasteiger partial charge on any atom is -0.331 e. The number of Topliss-reactive ketones (excluding diaryl/α,β-unsaturated/α-hetero) is 2. The molecule has 0 radical (unpaired) electrons. The Morgan fingerprint density at radius 3 is 2.48 bits per heavy atom. The first-order chi connectivity index (χ1) is 9.99. The Labute approximate surface area is 126 Å². The number of ketones is 2. The van der Waals surface area contributed by atoms with E-state index in [1.807, 2.05) is 31.2 Å². The van der Waals surface area contributed by atoms with Gasteiger partial charge in [0.2, 0.25) is 6.41 Å². The molecule has 4 heteroatoms. The van der Waals surface area contributed by atoms with Gasteiger partial charge in [0.1, 0.15) is 5.78 Å². The zero-order valence-electron chi connectivity index (χ0n) is 13.0. The lowest BCUT2D eigenvalue weighted by Crippen LogP contribution is -2.39. The van der Waals surface area contributed by atoms with Crippen molar-refractivity contribution in [2.24, 2.45) is 0 Å². The highest BCUT2D eigenvalue weighted by Crippen LogP contribution is 2.15. The minimum absolute atomic E-state index is 0.0837. The molecule has 0 N–H and O–H groups in total. The molecular formula is C17H23NO3. The maximum atomic E-state index is 11.8. The number of hydrogen-bond donors (Lipinski definition) is 0. The maximum absolute atomic E-state index is 11.8. The summed E-state index contributed by atoms with van der Waals surface area (Å²) in [4.78, 5) is 36.1. The smallest absolute Gasteiger partial charge is 0.210 e. The van der Waals surface area contributed by atoms with Crippen LogP contribution in [0.2, 0.25) is 0 Å². The molecule has 0 fully saturated rings. The van der Waals surface area contributed by atoms with Crippen LogP contribution in [0.5, 0.6) is 0 Å². The number of amides is 1. The maximum Gasteiger partial charge on any atom is 0.210 e. The van der Waals surface area contributed by atoms with Crippen LogP contribution in [0.1, 0.15) is 44.2 Å². The van der Waals surface area contributed by atoms with E-state index in [1.54, 1.807) is 6.92 Å². The second kappa shape index (κ2) is 8.35. The van der Waals surface area contributed by atoms with Crippen LogP contribution >= 0.6 is 0 Å². The third kappa shape index (κ3) is 5.14. The van der Waals surface area contributed by atoms with E-state index in [9.17, 15) is 14.4 Å². The lowest BCUT2D eigenvalue weighted by Gasteiger charge is -2.27. The first kappa shape index (κ1) is 17.1. The first-order valence-electron chi connectivity index (χ1n) is 7.27. The molecule has 1 unspecified atom stereocenters. The number of aryl methyl sites for hydroxylation is 1. The van der Waals surface area contributed by atoms with Gasteiger partial charge in [-0.15, -0.1) is 0 Å².